The van der Waals surface area contributed by atoms with Crippen molar-refractivity contribution in [2.24, 2.45) is 0 Å². The third kappa shape index (κ3) is 1.80. The number of hydrogen-bond donors (Lipinski definition) is 1. The fourth-order valence-corrected chi connectivity index (χ4v) is 1.99. The highest BCUT2D eigenvalue weighted by Gasteiger charge is 2.11. The van der Waals surface area contributed by atoms with E-state index in [2.05, 4.69) is 10.2 Å². The summed E-state index contributed by atoms with van der Waals surface area (Å²) in [5, 5.41) is 7.39. The van der Waals surface area contributed by atoms with Gasteiger partial charge in [0.1, 0.15) is 0 Å². The number of benzene rings is 1. The Balaban J connectivity index is 2.68. The van der Waals surface area contributed by atoms with Crippen LogP contribution in [0.1, 0.15) is 0 Å². The molecule has 1 heterocycles. The van der Waals surface area contributed by atoms with E-state index in [0.717, 1.165) is 0 Å². The van der Waals surface area contributed by atoms with Crippen LogP contribution < -0.4 is 5.69 Å². The molecule has 0 saturated heterocycles. The number of nitrogens with zero attached hydrogens (tertiary/aromatic N) is 2. The average molecular weight is 242 g/mol. The molecule has 0 bridgehead atoms. The largest absolute Gasteiger partial charge is 0.348 e. The van der Waals surface area contributed by atoms with Gasteiger partial charge < -0.3 is 0 Å². The van der Waals surface area contributed by atoms with Crippen LogP contribution in [0.5, 0.6) is 0 Å². The molecule has 1 aromatic heterocycles. The Morgan fingerprint density at radius 3 is 2.87 bits per heavy atom. The molecular weight excluding hydrogens is 234 g/mol. The zero-order chi connectivity index (χ0) is 10.8. The molecule has 1 aromatic carbocycles. The van der Waals surface area contributed by atoms with Crippen LogP contribution in [0.4, 0.5) is 0 Å². The number of hydrogen-bond acceptors (Lipinski definition) is 3. The summed E-state index contributed by atoms with van der Waals surface area (Å²) in [5.74, 6) is 0. The molecule has 0 saturated carbocycles. The van der Waals surface area contributed by atoms with Crippen LogP contribution >= 0.6 is 23.4 Å². The monoisotopic (exact) mass is 241 g/mol. The van der Waals surface area contributed by atoms with Gasteiger partial charge in [-0.3, -0.25) is 0 Å². The Bertz CT molecular complexity index is 534. The molecular formula is C9H8ClN3OS. The van der Waals surface area contributed by atoms with Crippen molar-refractivity contribution in [1.29, 1.82) is 0 Å². The summed E-state index contributed by atoms with van der Waals surface area (Å²) >= 11 is 7.39. The second-order valence-corrected chi connectivity index (χ2v) is 3.98. The van der Waals surface area contributed by atoms with Crippen molar-refractivity contribution in [3.05, 3.63) is 39.8 Å². The molecule has 2 aromatic rings. The van der Waals surface area contributed by atoms with Gasteiger partial charge >= 0.3 is 5.69 Å². The van der Waals surface area contributed by atoms with E-state index in [1.807, 2.05) is 18.4 Å². The van der Waals surface area contributed by atoms with Crippen molar-refractivity contribution in [1.82, 2.24) is 14.8 Å². The standard InChI is InChI=1S/C9H8ClN3OS/c1-15-9-12-11-8(14)13(9)7-5-3-2-4-6(7)10/h2-5H,1H3,(H,11,14). The fraction of sp³-hybridized carbons (Fsp3) is 0.111. The van der Waals surface area contributed by atoms with E-state index in [-0.39, 0.29) is 5.69 Å². The Morgan fingerprint density at radius 2 is 2.20 bits per heavy atom. The number of para-hydroxylation sites is 1. The second-order valence-electron chi connectivity index (χ2n) is 2.80. The van der Waals surface area contributed by atoms with E-state index in [0.29, 0.717) is 15.9 Å². The van der Waals surface area contributed by atoms with Crippen molar-refractivity contribution in [3.8, 4) is 5.69 Å². The Morgan fingerprint density at radius 1 is 1.47 bits per heavy atom. The van der Waals surface area contributed by atoms with E-state index < -0.39 is 0 Å². The lowest BCUT2D eigenvalue weighted by Gasteiger charge is -2.04. The number of rotatable bonds is 2. The summed E-state index contributed by atoms with van der Waals surface area (Å²) in [6.07, 6.45) is 1.85. The topological polar surface area (TPSA) is 50.7 Å². The second kappa shape index (κ2) is 4.12. The zero-order valence-electron chi connectivity index (χ0n) is 7.90. The van der Waals surface area contributed by atoms with Gasteiger partial charge in [0.15, 0.2) is 5.16 Å². The number of halogens is 1. The maximum Gasteiger partial charge on any atom is 0.348 e. The van der Waals surface area contributed by atoms with Crippen molar-refractivity contribution in [2.45, 2.75) is 5.16 Å². The van der Waals surface area contributed by atoms with Gasteiger partial charge in [-0.25, -0.2) is 14.5 Å². The van der Waals surface area contributed by atoms with Crippen molar-refractivity contribution >= 4 is 23.4 Å². The maximum absolute atomic E-state index is 11.5. The highest BCUT2D eigenvalue weighted by atomic mass is 35.5. The van der Waals surface area contributed by atoms with Crippen LogP contribution in [-0.2, 0) is 0 Å². The van der Waals surface area contributed by atoms with E-state index in [1.54, 1.807) is 12.1 Å². The molecule has 4 nitrogen and oxygen atoms in total. The predicted molar refractivity (Wildman–Crippen MR) is 61.0 cm³/mol. The van der Waals surface area contributed by atoms with E-state index >= 15 is 0 Å². The number of aromatic amines is 1. The van der Waals surface area contributed by atoms with Gasteiger partial charge in [-0.05, 0) is 18.4 Å². The van der Waals surface area contributed by atoms with Gasteiger partial charge in [-0.1, -0.05) is 35.5 Å². The van der Waals surface area contributed by atoms with Crippen LogP contribution in [-0.4, -0.2) is 21.0 Å². The lowest BCUT2D eigenvalue weighted by Crippen LogP contribution is -2.15. The first-order valence-electron chi connectivity index (χ1n) is 4.20. The lowest BCUT2D eigenvalue weighted by molar-refractivity contribution is 0.872. The van der Waals surface area contributed by atoms with Crippen LogP contribution in [0.15, 0.2) is 34.2 Å². The predicted octanol–water partition coefficient (Wildman–Crippen LogP) is 1.94. The smallest absolute Gasteiger partial charge is 0.246 e. The van der Waals surface area contributed by atoms with E-state index in [9.17, 15) is 4.79 Å². The van der Waals surface area contributed by atoms with E-state index in [4.69, 9.17) is 11.6 Å². The number of aromatic nitrogens is 3. The summed E-state index contributed by atoms with van der Waals surface area (Å²) in [4.78, 5) is 11.5. The summed E-state index contributed by atoms with van der Waals surface area (Å²) in [6.45, 7) is 0. The number of H-pyrrole nitrogens is 1. The summed E-state index contributed by atoms with van der Waals surface area (Å²) < 4.78 is 1.45. The fourth-order valence-electron chi connectivity index (χ4n) is 1.26. The van der Waals surface area contributed by atoms with Gasteiger partial charge in [-0.2, -0.15) is 0 Å². The molecule has 78 valence electrons. The van der Waals surface area contributed by atoms with Crippen LogP contribution in [0.3, 0.4) is 0 Å². The van der Waals surface area contributed by atoms with Gasteiger partial charge in [0, 0.05) is 0 Å². The minimum atomic E-state index is -0.285. The van der Waals surface area contributed by atoms with Crippen LogP contribution in [0.25, 0.3) is 5.69 Å². The Kier molecular flexibility index (Phi) is 2.83. The van der Waals surface area contributed by atoms with Gasteiger partial charge in [0.05, 0.1) is 10.7 Å². The molecule has 0 atom stereocenters. The minimum Gasteiger partial charge on any atom is -0.246 e. The molecule has 0 aliphatic rings. The zero-order valence-corrected chi connectivity index (χ0v) is 9.47. The Hall–Kier alpha value is -1.20. The average Bonchev–Trinajstić information content (AvgIpc) is 2.60. The molecule has 0 aliphatic carbocycles. The van der Waals surface area contributed by atoms with Gasteiger partial charge in [0.25, 0.3) is 0 Å². The highest BCUT2D eigenvalue weighted by molar-refractivity contribution is 7.98. The van der Waals surface area contributed by atoms with E-state index in [1.165, 1.54) is 16.3 Å². The molecule has 15 heavy (non-hydrogen) atoms. The minimum absolute atomic E-state index is 0.285. The molecule has 0 aliphatic heterocycles. The van der Waals surface area contributed by atoms with Crippen LogP contribution in [0.2, 0.25) is 5.02 Å². The molecule has 6 heteroatoms. The molecule has 0 radical (unpaired) electrons. The molecule has 0 fully saturated rings. The number of nitrogens with one attached hydrogen (secondary N) is 1. The van der Waals surface area contributed by atoms with Crippen molar-refractivity contribution < 1.29 is 0 Å². The van der Waals surface area contributed by atoms with Gasteiger partial charge in [-0.15, -0.1) is 5.10 Å². The molecule has 2 rings (SSSR count). The number of thioether (sulfide) groups is 1. The third-order valence-electron chi connectivity index (χ3n) is 1.92. The lowest BCUT2D eigenvalue weighted by atomic mass is 10.3. The molecule has 0 unspecified atom stereocenters. The summed E-state index contributed by atoms with van der Waals surface area (Å²) in [6, 6.07) is 7.15. The SMILES string of the molecule is CSc1n[nH]c(=O)n1-c1ccccc1Cl. The van der Waals surface area contributed by atoms with Crippen molar-refractivity contribution in [3.63, 3.8) is 0 Å². The van der Waals surface area contributed by atoms with Gasteiger partial charge in [0.2, 0.25) is 0 Å². The summed E-state index contributed by atoms with van der Waals surface area (Å²) in [5.41, 5.74) is 0.356. The Labute approximate surface area is 95.3 Å². The first-order chi connectivity index (χ1) is 7.24. The molecule has 0 amide bonds. The van der Waals surface area contributed by atoms with Crippen molar-refractivity contribution in [2.75, 3.05) is 6.26 Å². The first-order valence-corrected chi connectivity index (χ1v) is 5.80. The molecule has 0 spiro atoms. The highest BCUT2D eigenvalue weighted by Crippen LogP contribution is 2.21. The summed E-state index contributed by atoms with van der Waals surface area (Å²) in [7, 11) is 0. The first kappa shape index (κ1) is 10.3. The molecule has 1 N–H and O–H groups in total. The van der Waals surface area contributed by atoms with Crippen LogP contribution in [0, 0.1) is 0 Å². The normalized spacial score (nSPS) is 10.5. The quantitative estimate of drug-likeness (QED) is 0.818. The maximum atomic E-state index is 11.5. The third-order valence-corrected chi connectivity index (χ3v) is 2.88.